The summed E-state index contributed by atoms with van der Waals surface area (Å²) in [5.41, 5.74) is 0. The molecular weight excluding hydrogens is 152 g/mol. The molecule has 1 saturated heterocycles. The van der Waals surface area contributed by atoms with Gasteiger partial charge in [0.2, 0.25) is 5.91 Å². The van der Waals surface area contributed by atoms with Gasteiger partial charge in [0.1, 0.15) is 0 Å². The molecule has 12 heavy (non-hydrogen) atoms. The predicted molar refractivity (Wildman–Crippen MR) is 49.0 cm³/mol. The number of rotatable bonds is 1. The fourth-order valence-electron chi connectivity index (χ4n) is 1.74. The van der Waals surface area contributed by atoms with E-state index in [1.807, 2.05) is 0 Å². The lowest BCUT2D eigenvalue weighted by molar-refractivity contribution is -0.119. The summed E-state index contributed by atoms with van der Waals surface area (Å²) < 4.78 is 0. The first-order valence-corrected chi connectivity index (χ1v) is 4.64. The smallest absolute Gasteiger partial charge is 0.217 e. The lowest BCUT2D eigenvalue weighted by Crippen LogP contribution is -2.40. The van der Waals surface area contributed by atoms with Gasteiger partial charge in [-0.3, -0.25) is 4.79 Å². The number of hydrogen-bond acceptors (Lipinski definition) is 2. The average Bonchev–Trinajstić information content (AvgIpc) is 2.12. The molecule has 0 spiro atoms. The maximum atomic E-state index is 10.8. The van der Waals surface area contributed by atoms with Crippen LogP contribution in [0.2, 0.25) is 0 Å². The molecule has 0 aromatic carbocycles. The van der Waals surface area contributed by atoms with Crippen LogP contribution in [-0.4, -0.2) is 37.0 Å². The van der Waals surface area contributed by atoms with Gasteiger partial charge in [-0.05, 0) is 26.4 Å². The fraction of sp³-hybridized carbons (Fsp3) is 0.889. The van der Waals surface area contributed by atoms with E-state index in [1.165, 1.54) is 12.8 Å². The zero-order valence-electron chi connectivity index (χ0n) is 7.97. The second-order valence-electron chi connectivity index (χ2n) is 3.66. The van der Waals surface area contributed by atoms with E-state index in [-0.39, 0.29) is 5.91 Å². The SMILES string of the molecule is CC(=O)N[C@@H]1CCCCN(C)C1. The van der Waals surface area contributed by atoms with Gasteiger partial charge in [-0.1, -0.05) is 6.42 Å². The Bertz CT molecular complexity index is 159. The summed E-state index contributed by atoms with van der Waals surface area (Å²) in [6.07, 6.45) is 3.62. The van der Waals surface area contributed by atoms with E-state index in [0.717, 1.165) is 19.5 Å². The van der Waals surface area contributed by atoms with Gasteiger partial charge in [0.15, 0.2) is 0 Å². The molecule has 1 atom stereocenters. The van der Waals surface area contributed by atoms with Crippen molar-refractivity contribution in [2.45, 2.75) is 32.2 Å². The number of likely N-dealkylation sites (tertiary alicyclic amines) is 1. The second-order valence-corrected chi connectivity index (χ2v) is 3.66. The number of carbonyl (C=O) groups is 1. The highest BCUT2D eigenvalue weighted by molar-refractivity contribution is 5.73. The molecule has 0 aromatic heterocycles. The molecule has 0 saturated carbocycles. The maximum absolute atomic E-state index is 10.8. The molecule has 1 aliphatic heterocycles. The van der Waals surface area contributed by atoms with Crippen molar-refractivity contribution in [1.29, 1.82) is 0 Å². The van der Waals surface area contributed by atoms with E-state index < -0.39 is 0 Å². The molecule has 1 amide bonds. The Morgan fingerprint density at radius 3 is 2.92 bits per heavy atom. The third-order valence-corrected chi connectivity index (χ3v) is 2.28. The lowest BCUT2D eigenvalue weighted by atomic mass is 10.1. The van der Waals surface area contributed by atoms with Crippen molar-refractivity contribution in [3.05, 3.63) is 0 Å². The Morgan fingerprint density at radius 2 is 2.25 bits per heavy atom. The number of amides is 1. The first-order chi connectivity index (χ1) is 5.68. The zero-order valence-corrected chi connectivity index (χ0v) is 7.97. The van der Waals surface area contributed by atoms with Crippen molar-refractivity contribution in [3.8, 4) is 0 Å². The van der Waals surface area contributed by atoms with Gasteiger partial charge in [0, 0.05) is 19.5 Å². The molecule has 0 unspecified atom stereocenters. The number of likely N-dealkylation sites (N-methyl/N-ethyl adjacent to an activating group) is 1. The fourth-order valence-corrected chi connectivity index (χ4v) is 1.74. The summed E-state index contributed by atoms with van der Waals surface area (Å²) >= 11 is 0. The third-order valence-electron chi connectivity index (χ3n) is 2.28. The summed E-state index contributed by atoms with van der Waals surface area (Å²) in [6, 6.07) is 0.370. The minimum absolute atomic E-state index is 0.0929. The van der Waals surface area contributed by atoms with Crippen LogP contribution in [0.25, 0.3) is 0 Å². The van der Waals surface area contributed by atoms with Gasteiger partial charge in [-0.15, -0.1) is 0 Å². The molecule has 0 aliphatic carbocycles. The van der Waals surface area contributed by atoms with Gasteiger partial charge in [0.05, 0.1) is 0 Å². The molecule has 0 aromatic rings. The summed E-state index contributed by atoms with van der Waals surface area (Å²) in [5.74, 6) is 0.0929. The van der Waals surface area contributed by atoms with E-state index in [9.17, 15) is 4.79 Å². The molecule has 1 heterocycles. The number of nitrogens with one attached hydrogen (secondary N) is 1. The molecule has 1 fully saturated rings. The Balaban J connectivity index is 2.35. The highest BCUT2D eigenvalue weighted by atomic mass is 16.1. The highest BCUT2D eigenvalue weighted by Crippen LogP contribution is 2.08. The van der Waals surface area contributed by atoms with Crippen LogP contribution in [0, 0.1) is 0 Å². The number of hydrogen-bond donors (Lipinski definition) is 1. The van der Waals surface area contributed by atoms with Crippen LogP contribution in [0.1, 0.15) is 26.2 Å². The first kappa shape index (κ1) is 9.52. The van der Waals surface area contributed by atoms with E-state index in [2.05, 4.69) is 17.3 Å². The molecule has 1 N–H and O–H groups in total. The van der Waals surface area contributed by atoms with Crippen LogP contribution in [-0.2, 0) is 4.79 Å². The molecule has 1 rings (SSSR count). The standard InChI is InChI=1S/C9H18N2O/c1-8(12)10-9-5-3-4-6-11(2)7-9/h9H,3-7H2,1-2H3,(H,10,12)/t9-/m1/s1. The van der Waals surface area contributed by atoms with Crippen LogP contribution in [0.4, 0.5) is 0 Å². The highest BCUT2D eigenvalue weighted by Gasteiger charge is 2.15. The van der Waals surface area contributed by atoms with Gasteiger partial charge in [-0.2, -0.15) is 0 Å². The van der Waals surface area contributed by atoms with Crippen molar-refractivity contribution in [2.24, 2.45) is 0 Å². The monoisotopic (exact) mass is 170 g/mol. The lowest BCUT2D eigenvalue weighted by Gasteiger charge is -2.20. The van der Waals surface area contributed by atoms with Crippen molar-refractivity contribution in [3.63, 3.8) is 0 Å². The van der Waals surface area contributed by atoms with Crippen molar-refractivity contribution in [1.82, 2.24) is 10.2 Å². The molecular formula is C9H18N2O. The minimum Gasteiger partial charge on any atom is -0.352 e. The van der Waals surface area contributed by atoms with Crippen LogP contribution < -0.4 is 5.32 Å². The molecule has 3 heteroatoms. The van der Waals surface area contributed by atoms with Gasteiger partial charge in [-0.25, -0.2) is 0 Å². The number of carbonyl (C=O) groups excluding carboxylic acids is 1. The van der Waals surface area contributed by atoms with Crippen LogP contribution in [0.5, 0.6) is 0 Å². The topological polar surface area (TPSA) is 32.3 Å². The van der Waals surface area contributed by atoms with Crippen LogP contribution in [0.3, 0.4) is 0 Å². The summed E-state index contributed by atoms with van der Waals surface area (Å²) in [6.45, 7) is 3.75. The van der Waals surface area contributed by atoms with Crippen LogP contribution in [0.15, 0.2) is 0 Å². The molecule has 3 nitrogen and oxygen atoms in total. The second kappa shape index (κ2) is 4.45. The Morgan fingerprint density at radius 1 is 1.50 bits per heavy atom. The Kier molecular flexibility index (Phi) is 3.53. The van der Waals surface area contributed by atoms with Crippen molar-refractivity contribution in [2.75, 3.05) is 20.1 Å². The Hall–Kier alpha value is -0.570. The van der Waals surface area contributed by atoms with E-state index in [0.29, 0.717) is 6.04 Å². The average molecular weight is 170 g/mol. The van der Waals surface area contributed by atoms with E-state index in [4.69, 9.17) is 0 Å². The summed E-state index contributed by atoms with van der Waals surface area (Å²) in [4.78, 5) is 13.1. The van der Waals surface area contributed by atoms with Gasteiger partial charge < -0.3 is 10.2 Å². The van der Waals surface area contributed by atoms with E-state index >= 15 is 0 Å². The summed E-state index contributed by atoms with van der Waals surface area (Å²) in [5, 5.41) is 2.97. The summed E-state index contributed by atoms with van der Waals surface area (Å²) in [7, 11) is 2.11. The van der Waals surface area contributed by atoms with Crippen LogP contribution >= 0.6 is 0 Å². The zero-order chi connectivity index (χ0) is 8.97. The molecule has 70 valence electrons. The minimum atomic E-state index is 0.0929. The molecule has 1 aliphatic rings. The predicted octanol–water partition coefficient (Wildman–Crippen LogP) is 0.607. The quantitative estimate of drug-likeness (QED) is 0.625. The third kappa shape index (κ3) is 3.22. The maximum Gasteiger partial charge on any atom is 0.217 e. The number of nitrogens with zero attached hydrogens (tertiary/aromatic N) is 1. The first-order valence-electron chi connectivity index (χ1n) is 4.64. The van der Waals surface area contributed by atoms with Gasteiger partial charge in [0.25, 0.3) is 0 Å². The van der Waals surface area contributed by atoms with Gasteiger partial charge >= 0.3 is 0 Å². The van der Waals surface area contributed by atoms with Crippen molar-refractivity contribution < 1.29 is 4.79 Å². The normalized spacial score (nSPS) is 26.3. The molecule has 0 bridgehead atoms. The largest absolute Gasteiger partial charge is 0.352 e. The Labute approximate surface area is 74.1 Å². The molecule has 0 radical (unpaired) electrons. The van der Waals surface area contributed by atoms with E-state index in [1.54, 1.807) is 6.92 Å². The van der Waals surface area contributed by atoms with Crippen molar-refractivity contribution >= 4 is 5.91 Å².